The number of rotatable bonds is 5. The lowest BCUT2D eigenvalue weighted by atomic mass is 10.1. The smallest absolute Gasteiger partial charge is 0.335 e. The third kappa shape index (κ3) is 2.99. The zero-order chi connectivity index (χ0) is 14.7. The van der Waals surface area contributed by atoms with Gasteiger partial charge in [-0.2, -0.15) is 0 Å². The van der Waals surface area contributed by atoms with E-state index in [1.54, 1.807) is 12.1 Å². The lowest BCUT2D eigenvalue weighted by molar-refractivity contribution is -0.132. The lowest BCUT2D eigenvalue weighted by Gasteiger charge is -2.22. The van der Waals surface area contributed by atoms with Crippen LogP contribution >= 0.6 is 0 Å². The number of carbonyl (C=O) groups excluding carboxylic acids is 1. The summed E-state index contributed by atoms with van der Waals surface area (Å²) in [7, 11) is 0. The average Bonchev–Trinajstić information content (AvgIpc) is 2.80. The highest BCUT2D eigenvalue weighted by Crippen LogP contribution is 2.23. The Morgan fingerprint density at radius 3 is 2.45 bits per heavy atom. The Morgan fingerprint density at radius 2 is 1.85 bits per heavy atom. The van der Waals surface area contributed by atoms with E-state index in [9.17, 15) is 9.59 Å². The first kappa shape index (κ1) is 14.5. The molecule has 0 fully saturated rings. The van der Waals surface area contributed by atoms with E-state index in [0.717, 1.165) is 24.2 Å². The minimum atomic E-state index is -0.912. The summed E-state index contributed by atoms with van der Waals surface area (Å²) in [6, 6.07) is 5.18. The van der Waals surface area contributed by atoms with Crippen LogP contribution in [0.25, 0.3) is 0 Å². The summed E-state index contributed by atoms with van der Waals surface area (Å²) in [5, 5.41) is 8.99. The summed E-state index contributed by atoms with van der Waals surface area (Å²) < 4.78 is 0. The van der Waals surface area contributed by atoms with Gasteiger partial charge in [-0.15, -0.1) is 0 Å². The SMILES string of the molecule is CCN(CC)C(=O)CN1Cc2ccc(C(=O)O)cc2C1. The second-order valence-corrected chi connectivity index (χ2v) is 5.00. The fourth-order valence-corrected chi connectivity index (χ4v) is 2.58. The molecule has 2 rings (SSSR count). The maximum absolute atomic E-state index is 12.1. The van der Waals surface area contributed by atoms with E-state index in [-0.39, 0.29) is 5.91 Å². The molecule has 20 heavy (non-hydrogen) atoms. The van der Waals surface area contributed by atoms with Crippen LogP contribution in [0.3, 0.4) is 0 Å². The Hall–Kier alpha value is -1.88. The van der Waals surface area contributed by atoms with Gasteiger partial charge in [-0.3, -0.25) is 9.69 Å². The molecule has 0 bridgehead atoms. The minimum Gasteiger partial charge on any atom is -0.478 e. The Bertz CT molecular complexity index is 524. The molecule has 1 aromatic rings. The fraction of sp³-hybridized carbons (Fsp3) is 0.467. The summed E-state index contributed by atoms with van der Waals surface area (Å²) in [6.07, 6.45) is 0. The number of amides is 1. The molecule has 1 amide bonds. The van der Waals surface area contributed by atoms with E-state index < -0.39 is 5.97 Å². The molecule has 1 aliphatic rings. The third-order valence-corrected chi connectivity index (χ3v) is 3.72. The molecule has 0 spiro atoms. The van der Waals surface area contributed by atoms with Crippen LogP contribution in [0.1, 0.15) is 35.3 Å². The van der Waals surface area contributed by atoms with Crippen LogP contribution in [0.5, 0.6) is 0 Å². The molecule has 5 nitrogen and oxygen atoms in total. The van der Waals surface area contributed by atoms with Crippen LogP contribution < -0.4 is 0 Å². The highest BCUT2D eigenvalue weighted by molar-refractivity contribution is 5.88. The number of likely N-dealkylation sites (N-methyl/N-ethyl adjacent to an activating group) is 1. The number of fused-ring (bicyclic) bond motifs is 1. The van der Waals surface area contributed by atoms with Crippen molar-refractivity contribution >= 4 is 11.9 Å². The van der Waals surface area contributed by atoms with Crippen molar-refractivity contribution in [2.75, 3.05) is 19.6 Å². The van der Waals surface area contributed by atoms with E-state index >= 15 is 0 Å². The van der Waals surface area contributed by atoms with Crippen molar-refractivity contribution in [3.05, 3.63) is 34.9 Å². The van der Waals surface area contributed by atoms with Gasteiger partial charge in [0.05, 0.1) is 12.1 Å². The van der Waals surface area contributed by atoms with Crippen molar-refractivity contribution in [1.82, 2.24) is 9.80 Å². The number of hydrogen-bond acceptors (Lipinski definition) is 3. The van der Waals surface area contributed by atoms with E-state index in [4.69, 9.17) is 5.11 Å². The van der Waals surface area contributed by atoms with Gasteiger partial charge in [-0.05, 0) is 37.1 Å². The largest absolute Gasteiger partial charge is 0.478 e. The first-order chi connectivity index (χ1) is 9.55. The van der Waals surface area contributed by atoms with Gasteiger partial charge in [0.25, 0.3) is 0 Å². The summed E-state index contributed by atoms with van der Waals surface area (Å²) in [6.45, 7) is 7.13. The van der Waals surface area contributed by atoms with Crippen LogP contribution in [0, 0.1) is 0 Å². The molecule has 108 valence electrons. The van der Waals surface area contributed by atoms with Gasteiger partial charge in [0.1, 0.15) is 0 Å². The molecule has 5 heteroatoms. The summed E-state index contributed by atoms with van der Waals surface area (Å²) in [5.41, 5.74) is 2.43. The molecule has 0 unspecified atom stereocenters. The van der Waals surface area contributed by atoms with Gasteiger partial charge in [0.15, 0.2) is 0 Å². The maximum atomic E-state index is 12.1. The summed E-state index contributed by atoms with van der Waals surface area (Å²) in [5.74, 6) is -0.785. The van der Waals surface area contributed by atoms with Crippen LogP contribution in [0.2, 0.25) is 0 Å². The number of hydrogen-bond donors (Lipinski definition) is 1. The molecule has 0 atom stereocenters. The zero-order valence-corrected chi connectivity index (χ0v) is 11.9. The second-order valence-electron chi connectivity index (χ2n) is 5.00. The number of nitrogens with zero attached hydrogens (tertiary/aromatic N) is 2. The van der Waals surface area contributed by atoms with Crippen molar-refractivity contribution in [1.29, 1.82) is 0 Å². The third-order valence-electron chi connectivity index (χ3n) is 3.72. The normalized spacial score (nSPS) is 14.1. The van der Waals surface area contributed by atoms with Crippen molar-refractivity contribution in [2.45, 2.75) is 26.9 Å². The van der Waals surface area contributed by atoms with Gasteiger partial charge >= 0.3 is 5.97 Å². The van der Waals surface area contributed by atoms with Crippen LogP contribution in [-0.4, -0.2) is 46.4 Å². The Labute approximate surface area is 118 Å². The molecule has 0 radical (unpaired) electrons. The molecule has 0 aliphatic carbocycles. The van der Waals surface area contributed by atoms with E-state index in [1.165, 1.54) is 0 Å². The van der Waals surface area contributed by atoms with Crippen LogP contribution in [0.15, 0.2) is 18.2 Å². The predicted octanol–water partition coefficient (Wildman–Crippen LogP) is 1.57. The Morgan fingerprint density at radius 1 is 1.20 bits per heavy atom. The van der Waals surface area contributed by atoms with E-state index in [1.807, 2.05) is 24.8 Å². The molecule has 0 saturated heterocycles. The first-order valence-corrected chi connectivity index (χ1v) is 6.90. The van der Waals surface area contributed by atoms with Gasteiger partial charge in [0.2, 0.25) is 5.91 Å². The van der Waals surface area contributed by atoms with Crippen LogP contribution in [-0.2, 0) is 17.9 Å². The van der Waals surface area contributed by atoms with Crippen molar-refractivity contribution in [3.63, 3.8) is 0 Å². The van der Waals surface area contributed by atoms with Crippen LogP contribution in [0.4, 0.5) is 0 Å². The molecule has 0 saturated carbocycles. The molecule has 1 aliphatic heterocycles. The van der Waals surface area contributed by atoms with Crippen molar-refractivity contribution < 1.29 is 14.7 Å². The molecule has 1 heterocycles. The minimum absolute atomic E-state index is 0.126. The number of benzene rings is 1. The summed E-state index contributed by atoms with van der Waals surface area (Å²) >= 11 is 0. The lowest BCUT2D eigenvalue weighted by Crippen LogP contribution is -2.38. The number of carboxylic acids is 1. The first-order valence-electron chi connectivity index (χ1n) is 6.90. The Balaban J connectivity index is 2.02. The van der Waals surface area contributed by atoms with Gasteiger partial charge < -0.3 is 10.0 Å². The zero-order valence-electron chi connectivity index (χ0n) is 11.9. The van der Waals surface area contributed by atoms with Crippen molar-refractivity contribution in [3.8, 4) is 0 Å². The molecule has 0 aromatic heterocycles. The molecule has 1 aromatic carbocycles. The second kappa shape index (κ2) is 6.05. The number of carbonyl (C=O) groups is 2. The standard InChI is InChI=1S/C15H20N2O3/c1-3-17(4-2)14(18)10-16-8-12-6-5-11(15(19)20)7-13(12)9-16/h5-7H,3-4,8-10H2,1-2H3,(H,19,20). The van der Waals surface area contributed by atoms with Gasteiger partial charge in [0, 0.05) is 26.2 Å². The fourth-order valence-electron chi connectivity index (χ4n) is 2.58. The maximum Gasteiger partial charge on any atom is 0.335 e. The van der Waals surface area contributed by atoms with Gasteiger partial charge in [-0.25, -0.2) is 4.79 Å². The van der Waals surface area contributed by atoms with E-state index in [2.05, 4.69) is 4.90 Å². The highest BCUT2D eigenvalue weighted by atomic mass is 16.4. The number of aromatic carboxylic acids is 1. The molecular weight excluding hydrogens is 256 g/mol. The Kier molecular flexibility index (Phi) is 4.39. The topological polar surface area (TPSA) is 60.9 Å². The monoisotopic (exact) mass is 276 g/mol. The highest BCUT2D eigenvalue weighted by Gasteiger charge is 2.23. The quantitative estimate of drug-likeness (QED) is 0.886. The predicted molar refractivity (Wildman–Crippen MR) is 75.4 cm³/mol. The summed E-state index contributed by atoms with van der Waals surface area (Å²) in [4.78, 5) is 26.9. The average molecular weight is 276 g/mol. The molecular formula is C15H20N2O3. The van der Waals surface area contributed by atoms with E-state index in [0.29, 0.717) is 25.2 Å². The molecule has 1 N–H and O–H groups in total. The van der Waals surface area contributed by atoms with Crippen molar-refractivity contribution in [2.24, 2.45) is 0 Å². The number of carboxylic acid groups (broad SMARTS) is 1. The van der Waals surface area contributed by atoms with Gasteiger partial charge in [-0.1, -0.05) is 6.07 Å².